The molecule has 0 amide bonds. The van der Waals surface area contributed by atoms with Gasteiger partial charge in [-0.1, -0.05) is 47.7 Å². The third kappa shape index (κ3) is 6.15. The van der Waals surface area contributed by atoms with Gasteiger partial charge in [0.1, 0.15) is 6.54 Å². The third-order valence-electron chi connectivity index (χ3n) is 10.0. The number of fused-ring (bicyclic) bond motifs is 5. The van der Waals surface area contributed by atoms with E-state index in [4.69, 9.17) is 16.5 Å². The summed E-state index contributed by atoms with van der Waals surface area (Å²) in [7, 11) is 0. The van der Waals surface area contributed by atoms with Crippen LogP contribution in [0.3, 0.4) is 0 Å². The summed E-state index contributed by atoms with van der Waals surface area (Å²) in [5, 5.41) is 17.3. The van der Waals surface area contributed by atoms with Gasteiger partial charge in [-0.05, 0) is 86.6 Å². The Balaban J connectivity index is 0.964. The predicted octanol–water partition coefficient (Wildman–Crippen LogP) is 7.66. The SMILES string of the molecule is Nc1ccc2c(c1)c(-c1ccccc1)[n+](CCCCCn1nncc1CCNc1c3c(nc4ccccc14)CCCC3)c1cc(N)ccc21. The van der Waals surface area contributed by atoms with Gasteiger partial charge in [0.15, 0.2) is 0 Å². The second kappa shape index (κ2) is 13.5. The Bertz CT molecular complexity index is 2270. The van der Waals surface area contributed by atoms with Gasteiger partial charge in [0.25, 0.3) is 0 Å². The minimum atomic E-state index is 0.762. The van der Waals surface area contributed by atoms with Crippen molar-refractivity contribution in [3.8, 4) is 11.3 Å². The van der Waals surface area contributed by atoms with Crippen LogP contribution in [-0.4, -0.2) is 26.5 Å². The molecule has 0 bridgehead atoms. The fraction of sp³-hybridized carbons (Fsp3) is 0.268. The van der Waals surface area contributed by atoms with Crippen molar-refractivity contribution >= 4 is 49.6 Å². The van der Waals surface area contributed by atoms with Crippen molar-refractivity contribution in [2.24, 2.45) is 0 Å². The topological polar surface area (TPSA) is 112 Å². The van der Waals surface area contributed by atoms with Gasteiger partial charge >= 0.3 is 0 Å². The van der Waals surface area contributed by atoms with Crippen LogP contribution in [0, 0.1) is 0 Å². The van der Waals surface area contributed by atoms with Gasteiger partial charge in [-0.15, -0.1) is 5.10 Å². The van der Waals surface area contributed by atoms with Gasteiger partial charge in [0, 0.05) is 71.1 Å². The van der Waals surface area contributed by atoms with Crippen LogP contribution in [0.15, 0.2) is 97.2 Å². The van der Waals surface area contributed by atoms with E-state index in [0.717, 1.165) is 91.6 Å². The number of hydrogen-bond acceptors (Lipinski definition) is 6. The van der Waals surface area contributed by atoms with E-state index in [1.165, 1.54) is 57.2 Å². The lowest BCUT2D eigenvalue weighted by Crippen LogP contribution is -2.38. The summed E-state index contributed by atoms with van der Waals surface area (Å²) < 4.78 is 4.52. The first-order chi connectivity index (χ1) is 24.1. The summed E-state index contributed by atoms with van der Waals surface area (Å²) in [4.78, 5) is 5.00. The molecule has 0 aliphatic heterocycles. The zero-order valence-electron chi connectivity index (χ0n) is 27.9. The Hall–Kier alpha value is -5.50. The Labute approximate surface area is 286 Å². The van der Waals surface area contributed by atoms with E-state index >= 15 is 0 Å². The number of aryl methyl sites for hydroxylation is 3. The molecule has 7 aromatic rings. The number of benzene rings is 4. The maximum absolute atomic E-state index is 6.36. The third-order valence-corrected chi connectivity index (χ3v) is 10.0. The Morgan fingerprint density at radius 3 is 2.45 bits per heavy atom. The summed E-state index contributed by atoms with van der Waals surface area (Å²) >= 11 is 0. The average Bonchev–Trinajstić information content (AvgIpc) is 3.58. The van der Waals surface area contributed by atoms with Gasteiger partial charge in [-0.2, -0.15) is 4.57 Å². The first-order valence-electron chi connectivity index (χ1n) is 17.7. The Morgan fingerprint density at radius 1 is 0.755 bits per heavy atom. The summed E-state index contributed by atoms with van der Waals surface area (Å²) in [5.41, 5.74) is 23.9. The molecule has 3 heterocycles. The molecule has 8 rings (SSSR count). The maximum atomic E-state index is 6.36. The highest BCUT2D eigenvalue weighted by molar-refractivity contribution is 6.10. The normalized spacial score (nSPS) is 12.9. The van der Waals surface area contributed by atoms with E-state index in [0.29, 0.717) is 0 Å². The maximum Gasteiger partial charge on any atom is 0.220 e. The van der Waals surface area contributed by atoms with Crippen molar-refractivity contribution in [3.05, 3.63) is 114 Å². The number of para-hydroxylation sites is 1. The summed E-state index contributed by atoms with van der Waals surface area (Å²) in [6, 6.07) is 31.6. The number of hydrogen-bond donors (Lipinski definition) is 3. The van der Waals surface area contributed by atoms with E-state index in [2.05, 4.69) is 104 Å². The lowest BCUT2D eigenvalue weighted by molar-refractivity contribution is -0.659. The largest absolute Gasteiger partial charge is 0.399 e. The van der Waals surface area contributed by atoms with E-state index in [1.807, 2.05) is 18.3 Å². The van der Waals surface area contributed by atoms with Gasteiger partial charge < -0.3 is 16.8 Å². The molecule has 0 radical (unpaired) electrons. The molecule has 49 heavy (non-hydrogen) atoms. The molecule has 0 saturated carbocycles. The molecule has 0 fully saturated rings. The molecule has 1 aliphatic carbocycles. The standard InChI is InChI=1S/C41H42N8/c42-29-17-19-32-33-20-18-30(43)26-39(33)48(41(36(32)25-29)28-11-3-1-4-12-28)23-9-2-10-24-49-31(27-45-47-49)21-22-44-40-34-13-5-7-15-37(34)46-38-16-8-6-14-35(38)40/h1,3-5,7,11-13,15,17-20,25-27,43H,2,6,8-10,14,16,21-24,42H2,(H,44,46)/p+1. The number of nitrogens with zero attached hydrogens (tertiary/aromatic N) is 5. The highest BCUT2D eigenvalue weighted by Gasteiger charge is 2.24. The highest BCUT2D eigenvalue weighted by Crippen LogP contribution is 2.35. The van der Waals surface area contributed by atoms with Crippen LogP contribution in [0.5, 0.6) is 0 Å². The first-order valence-corrected chi connectivity index (χ1v) is 17.7. The molecule has 1 aliphatic rings. The second-order valence-corrected chi connectivity index (χ2v) is 13.3. The van der Waals surface area contributed by atoms with Gasteiger partial charge in [-0.3, -0.25) is 4.98 Å². The Morgan fingerprint density at radius 2 is 1.55 bits per heavy atom. The van der Waals surface area contributed by atoms with E-state index in [-0.39, 0.29) is 0 Å². The molecule has 0 unspecified atom stereocenters. The van der Waals surface area contributed by atoms with Gasteiger partial charge in [0.05, 0.1) is 28.2 Å². The molecule has 5 N–H and O–H groups in total. The molecule has 4 aromatic carbocycles. The van der Waals surface area contributed by atoms with Crippen molar-refractivity contribution in [1.82, 2.24) is 20.0 Å². The van der Waals surface area contributed by atoms with Crippen molar-refractivity contribution in [3.63, 3.8) is 0 Å². The van der Waals surface area contributed by atoms with Crippen LogP contribution in [-0.2, 0) is 32.4 Å². The Kier molecular flexibility index (Phi) is 8.52. The van der Waals surface area contributed by atoms with E-state index in [1.54, 1.807) is 0 Å². The number of anilines is 3. The monoisotopic (exact) mass is 647 g/mol. The summed E-state index contributed by atoms with van der Waals surface area (Å²) in [6.07, 6.45) is 10.5. The first kappa shape index (κ1) is 30.8. The van der Waals surface area contributed by atoms with E-state index in [9.17, 15) is 0 Å². The lowest BCUT2D eigenvalue weighted by Gasteiger charge is -2.21. The average molecular weight is 648 g/mol. The van der Waals surface area contributed by atoms with Crippen molar-refractivity contribution in [2.75, 3.05) is 23.3 Å². The van der Waals surface area contributed by atoms with Crippen molar-refractivity contribution < 1.29 is 4.57 Å². The number of pyridine rings is 2. The fourth-order valence-electron chi connectivity index (χ4n) is 7.66. The molecule has 0 spiro atoms. The predicted molar refractivity (Wildman–Crippen MR) is 200 cm³/mol. The number of nitrogen functional groups attached to an aromatic ring is 2. The second-order valence-electron chi connectivity index (χ2n) is 13.3. The number of unbranched alkanes of at least 4 members (excludes halogenated alkanes) is 2. The number of aromatic nitrogens is 5. The minimum absolute atomic E-state index is 0.762. The minimum Gasteiger partial charge on any atom is -0.399 e. The van der Waals surface area contributed by atoms with Crippen LogP contribution >= 0.6 is 0 Å². The van der Waals surface area contributed by atoms with Gasteiger partial charge in [0.2, 0.25) is 11.2 Å². The zero-order chi connectivity index (χ0) is 33.2. The number of nitrogens with one attached hydrogen (secondary N) is 1. The smallest absolute Gasteiger partial charge is 0.220 e. The molecule has 8 nitrogen and oxygen atoms in total. The van der Waals surface area contributed by atoms with Crippen LogP contribution in [0.4, 0.5) is 17.1 Å². The van der Waals surface area contributed by atoms with Crippen LogP contribution in [0.25, 0.3) is 43.8 Å². The van der Waals surface area contributed by atoms with Crippen LogP contribution in [0.1, 0.15) is 49.1 Å². The molecule has 0 atom stereocenters. The van der Waals surface area contributed by atoms with Crippen LogP contribution < -0.4 is 21.4 Å². The zero-order valence-corrected chi connectivity index (χ0v) is 27.9. The summed E-state index contributed by atoms with van der Waals surface area (Å²) in [5.74, 6) is 0. The van der Waals surface area contributed by atoms with Gasteiger partial charge in [-0.25, -0.2) is 4.68 Å². The van der Waals surface area contributed by atoms with Crippen molar-refractivity contribution in [1.29, 1.82) is 0 Å². The summed E-state index contributed by atoms with van der Waals surface area (Å²) in [6.45, 7) is 2.55. The molecular formula is C41H43N8+. The number of rotatable bonds is 11. The van der Waals surface area contributed by atoms with E-state index < -0.39 is 0 Å². The molecule has 3 aromatic heterocycles. The molecular weight excluding hydrogens is 605 g/mol. The quantitative estimate of drug-likeness (QED) is 0.0576. The molecule has 8 heteroatoms. The molecule has 0 saturated heterocycles. The van der Waals surface area contributed by atoms with Crippen molar-refractivity contribution in [2.45, 2.75) is 64.5 Å². The fourth-order valence-corrected chi connectivity index (χ4v) is 7.66. The lowest BCUT2D eigenvalue weighted by atomic mass is 9.92. The molecule has 246 valence electrons. The number of nitrogens with two attached hydrogens (primary N) is 2. The van der Waals surface area contributed by atoms with Crippen LogP contribution in [0.2, 0.25) is 0 Å². The highest BCUT2D eigenvalue weighted by atomic mass is 15.4.